The molecule has 7 nitrogen and oxygen atoms in total. The predicted molar refractivity (Wildman–Crippen MR) is 119 cm³/mol. The minimum atomic E-state index is -0.570. The molecule has 0 bridgehead atoms. The third-order valence-corrected chi connectivity index (χ3v) is 5.64. The minimum absolute atomic E-state index is 0.00649. The Balaban J connectivity index is 1.67. The van der Waals surface area contributed by atoms with Crippen LogP contribution < -0.4 is 9.67 Å². The molecule has 0 aliphatic carbocycles. The maximum absolute atomic E-state index is 13.6. The maximum Gasteiger partial charge on any atom is 0.327 e. The van der Waals surface area contributed by atoms with E-state index in [1.807, 2.05) is 30.3 Å². The van der Waals surface area contributed by atoms with Gasteiger partial charge in [-0.25, -0.2) is 9.07 Å². The number of benzene rings is 2. The van der Waals surface area contributed by atoms with Crippen molar-refractivity contribution < 1.29 is 23.7 Å². The van der Waals surface area contributed by atoms with Gasteiger partial charge in [-0.3, -0.25) is 14.5 Å². The Morgan fingerprint density at radius 1 is 0.912 bits per heavy atom. The summed E-state index contributed by atoms with van der Waals surface area (Å²) in [5.74, 6) is -2.08. The number of carbonyl (C=O) groups excluding carboxylic acids is 2. The van der Waals surface area contributed by atoms with Gasteiger partial charge in [-0.2, -0.15) is 9.67 Å². The highest BCUT2D eigenvalue weighted by atomic mass is 19.1. The van der Waals surface area contributed by atoms with Gasteiger partial charge in [-0.05, 0) is 42.6 Å². The molecule has 0 saturated carbocycles. The van der Waals surface area contributed by atoms with E-state index in [0.29, 0.717) is 11.4 Å². The van der Waals surface area contributed by atoms with Gasteiger partial charge >= 0.3 is 5.91 Å². The Morgan fingerprint density at radius 3 is 2.24 bits per heavy atom. The number of hydrogen-bond acceptors (Lipinski definition) is 4. The van der Waals surface area contributed by atoms with Crippen molar-refractivity contribution in [2.75, 3.05) is 0 Å². The molecule has 2 aromatic heterocycles. The molecule has 0 saturated heterocycles. The van der Waals surface area contributed by atoms with Crippen LogP contribution >= 0.6 is 0 Å². The number of carbonyl (C=O) groups is 2. The molecule has 4 aromatic rings. The molecule has 0 radical (unpaired) electrons. The molecule has 1 aliphatic rings. The second-order valence-corrected chi connectivity index (χ2v) is 7.84. The molecule has 34 heavy (non-hydrogen) atoms. The lowest BCUT2D eigenvalue weighted by Gasteiger charge is -2.15. The number of hydrogen-bond donors (Lipinski definition) is 0. The number of aromatic nitrogens is 3. The smallest absolute Gasteiger partial charge is 0.327 e. The molecule has 0 N–H and O–H groups in total. The monoisotopic (exact) mass is 454 g/mol. The van der Waals surface area contributed by atoms with E-state index >= 15 is 0 Å². The average Bonchev–Trinajstić information content (AvgIpc) is 3.27. The lowest BCUT2D eigenvalue weighted by molar-refractivity contribution is -0.576. The quantitative estimate of drug-likeness (QED) is 0.343. The van der Waals surface area contributed by atoms with Crippen LogP contribution in [0.15, 0.2) is 85.2 Å². The van der Waals surface area contributed by atoms with Gasteiger partial charge in [0.15, 0.2) is 12.4 Å². The van der Waals surface area contributed by atoms with E-state index in [2.05, 4.69) is 5.10 Å². The van der Waals surface area contributed by atoms with Gasteiger partial charge in [-0.1, -0.05) is 36.4 Å². The third-order valence-electron chi connectivity index (χ3n) is 5.64. The van der Waals surface area contributed by atoms with Crippen LogP contribution in [-0.4, -0.2) is 26.5 Å². The zero-order valence-corrected chi connectivity index (χ0v) is 18.2. The number of amides is 2. The molecule has 3 heterocycles. The van der Waals surface area contributed by atoms with E-state index in [4.69, 9.17) is 0 Å². The summed E-state index contributed by atoms with van der Waals surface area (Å²) in [4.78, 5) is 28.2. The summed E-state index contributed by atoms with van der Waals surface area (Å²) in [6, 6.07) is 19.7. The highest BCUT2D eigenvalue weighted by Crippen LogP contribution is 2.37. The largest absolute Gasteiger partial charge is 0.858 e. The van der Waals surface area contributed by atoms with Crippen molar-refractivity contribution in [2.24, 2.45) is 0 Å². The number of aryl methyl sites for hydroxylation is 1. The van der Waals surface area contributed by atoms with Crippen LogP contribution in [0.4, 0.5) is 4.39 Å². The Kier molecular flexibility index (Phi) is 5.25. The van der Waals surface area contributed by atoms with Gasteiger partial charge < -0.3 is 5.11 Å². The van der Waals surface area contributed by atoms with Crippen LogP contribution in [0.3, 0.4) is 0 Å². The van der Waals surface area contributed by atoms with Gasteiger partial charge in [0.1, 0.15) is 11.4 Å². The first-order valence-corrected chi connectivity index (χ1v) is 10.6. The Bertz CT molecular complexity index is 1430. The van der Waals surface area contributed by atoms with Crippen LogP contribution in [0.1, 0.15) is 16.8 Å². The van der Waals surface area contributed by atoms with Crippen molar-refractivity contribution in [1.29, 1.82) is 0 Å². The first kappa shape index (κ1) is 21.3. The topological polar surface area (TPSA) is 82.1 Å². The van der Waals surface area contributed by atoms with Crippen molar-refractivity contribution >= 4 is 23.1 Å². The average molecular weight is 454 g/mol. The van der Waals surface area contributed by atoms with E-state index in [1.54, 1.807) is 37.5 Å². The fourth-order valence-electron chi connectivity index (χ4n) is 4.04. The van der Waals surface area contributed by atoms with E-state index < -0.39 is 23.5 Å². The summed E-state index contributed by atoms with van der Waals surface area (Å²) in [6.45, 7) is 1.67. The number of imide groups is 1. The van der Waals surface area contributed by atoms with Gasteiger partial charge in [0.25, 0.3) is 11.6 Å². The summed E-state index contributed by atoms with van der Waals surface area (Å²) >= 11 is 0. The van der Waals surface area contributed by atoms with E-state index in [-0.39, 0.29) is 23.4 Å². The molecule has 0 atom stereocenters. The van der Waals surface area contributed by atoms with Gasteiger partial charge in [0, 0.05) is 17.7 Å². The third kappa shape index (κ3) is 3.55. The molecular formula is C26H19FN4O3. The zero-order valence-electron chi connectivity index (χ0n) is 18.2. The second-order valence-electron chi connectivity index (χ2n) is 7.84. The van der Waals surface area contributed by atoms with Crippen molar-refractivity contribution in [3.8, 4) is 11.6 Å². The summed E-state index contributed by atoms with van der Waals surface area (Å²) in [6.07, 6.45) is 3.30. The van der Waals surface area contributed by atoms with Crippen molar-refractivity contribution in [1.82, 2.24) is 14.7 Å². The first-order chi connectivity index (χ1) is 16.5. The lowest BCUT2D eigenvalue weighted by atomic mass is 10.0. The van der Waals surface area contributed by atoms with Crippen LogP contribution in [0, 0.1) is 12.7 Å². The SMILES string of the molecule is Cc1nn(-c2ccc(F)cc2)c([O-])c1C1=C([n+]2ccccc2)C(=O)N(Cc2ccccc2)C1=O. The molecule has 0 spiro atoms. The van der Waals surface area contributed by atoms with Gasteiger partial charge in [0.2, 0.25) is 0 Å². The molecule has 1 aliphatic heterocycles. The van der Waals surface area contributed by atoms with Crippen LogP contribution in [0.5, 0.6) is 5.88 Å². The summed E-state index contributed by atoms with van der Waals surface area (Å²) in [7, 11) is 0. The fourth-order valence-corrected chi connectivity index (χ4v) is 4.04. The maximum atomic E-state index is 13.6. The molecule has 8 heteroatoms. The van der Waals surface area contributed by atoms with Crippen molar-refractivity contribution in [3.05, 3.63) is 108 Å². The summed E-state index contributed by atoms with van der Waals surface area (Å²) < 4.78 is 16.0. The van der Waals surface area contributed by atoms with E-state index in [1.165, 1.54) is 28.8 Å². The summed E-state index contributed by atoms with van der Waals surface area (Å²) in [5, 5.41) is 17.7. The summed E-state index contributed by atoms with van der Waals surface area (Å²) in [5.41, 5.74) is 1.55. The predicted octanol–water partition coefficient (Wildman–Crippen LogP) is 2.62. The van der Waals surface area contributed by atoms with Gasteiger partial charge in [0.05, 0.1) is 17.9 Å². The number of halogens is 1. The number of rotatable bonds is 5. The molecule has 5 rings (SSSR count). The van der Waals surface area contributed by atoms with Crippen molar-refractivity contribution in [2.45, 2.75) is 13.5 Å². The highest BCUT2D eigenvalue weighted by molar-refractivity contribution is 6.44. The normalized spacial score (nSPS) is 13.8. The first-order valence-electron chi connectivity index (χ1n) is 10.6. The molecule has 2 aromatic carbocycles. The standard InChI is InChI=1S/C26H19FN4O3/c1-17-21(25(33)31(28-17)20-12-10-19(27)11-13-20)22-23(29-14-6-3-7-15-29)26(34)30(24(22)32)16-18-8-4-2-5-9-18/h2-15H,16H2,1H3. The minimum Gasteiger partial charge on any atom is -0.858 e. The fraction of sp³-hybridized carbons (Fsp3) is 0.0769. The van der Waals surface area contributed by atoms with Crippen LogP contribution in [0.25, 0.3) is 17.0 Å². The molecular weight excluding hydrogens is 435 g/mol. The molecule has 2 amide bonds. The molecule has 168 valence electrons. The number of nitrogens with zero attached hydrogens (tertiary/aromatic N) is 4. The molecule has 0 fully saturated rings. The van der Waals surface area contributed by atoms with Crippen LogP contribution in [0.2, 0.25) is 0 Å². The zero-order chi connectivity index (χ0) is 23.8. The van der Waals surface area contributed by atoms with E-state index in [9.17, 15) is 19.1 Å². The Hall–Kier alpha value is -4.59. The Morgan fingerprint density at radius 2 is 1.56 bits per heavy atom. The lowest BCUT2D eigenvalue weighted by Crippen LogP contribution is -2.39. The molecule has 0 unspecified atom stereocenters. The van der Waals surface area contributed by atoms with Crippen molar-refractivity contribution in [3.63, 3.8) is 0 Å². The van der Waals surface area contributed by atoms with Gasteiger partial charge in [-0.15, -0.1) is 0 Å². The second kappa shape index (κ2) is 8.40. The Labute approximate surface area is 194 Å². The van der Waals surface area contributed by atoms with E-state index in [0.717, 1.165) is 15.1 Å². The van der Waals surface area contributed by atoms with Crippen LogP contribution in [-0.2, 0) is 16.1 Å². The number of pyridine rings is 1. The highest BCUT2D eigenvalue weighted by Gasteiger charge is 2.46.